The molecule has 0 saturated carbocycles. The highest BCUT2D eigenvalue weighted by atomic mass is 19.1. The Bertz CT molecular complexity index is 813. The number of benzene rings is 2. The summed E-state index contributed by atoms with van der Waals surface area (Å²) in [6, 6.07) is 6.74. The minimum Gasteiger partial charge on any atom is -0.474 e. The number of rotatable bonds is 5. The topological polar surface area (TPSA) is 81.5 Å². The van der Waals surface area contributed by atoms with Crippen LogP contribution in [0.5, 0.6) is 5.75 Å². The molecule has 25 heavy (non-hydrogen) atoms. The molecule has 2 rings (SSSR count). The fraction of sp³-hybridized carbons (Fsp3) is 0.278. The second kappa shape index (κ2) is 7.29. The smallest absolute Gasteiger partial charge is 0.311 e. The molecule has 2 aromatic carbocycles. The number of ether oxygens (including phenoxy) is 1. The molecule has 0 aliphatic heterocycles. The van der Waals surface area contributed by atoms with Gasteiger partial charge >= 0.3 is 5.69 Å². The molecule has 6 nitrogen and oxygen atoms in total. The molecule has 0 heterocycles. The largest absolute Gasteiger partial charge is 0.474 e. The van der Waals surface area contributed by atoms with Crippen LogP contribution in [0.1, 0.15) is 23.6 Å². The molecule has 0 aliphatic carbocycles. The maximum Gasteiger partial charge on any atom is 0.311 e. The van der Waals surface area contributed by atoms with Gasteiger partial charge in [-0.25, -0.2) is 4.39 Å². The first kappa shape index (κ1) is 18.4. The quantitative estimate of drug-likeness (QED) is 0.654. The Morgan fingerprint density at radius 2 is 1.80 bits per heavy atom. The van der Waals surface area contributed by atoms with Crippen LogP contribution in [0.2, 0.25) is 0 Å². The molecule has 0 saturated heterocycles. The van der Waals surface area contributed by atoms with E-state index in [1.807, 2.05) is 32.9 Å². The Morgan fingerprint density at radius 3 is 2.36 bits per heavy atom. The van der Waals surface area contributed by atoms with Gasteiger partial charge in [0.05, 0.1) is 4.92 Å². The highest BCUT2D eigenvalue weighted by Crippen LogP contribution is 2.29. The number of nitro groups is 1. The maximum atomic E-state index is 13.3. The van der Waals surface area contributed by atoms with E-state index >= 15 is 0 Å². The van der Waals surface area contributed by atoms with Crippen LogP contribution in [0.15, 0.2) is 30.3 Å². The van der Waals surface area contributed by atoms with Gasteiger partial charge in [0.25, 0.3) is 5.91 Å². The molecule has 7 heteroatoms. The maximum absolute atomic E-state index is 13.3. The number of hydrogen-bond acceptors (Lipinski definition) is 4. The van der Waals surface area contributed by atoms with E-state index in [0.29, 0.717) is 5.69 Å². The van der Waals surface area contributed by atoms with E-state index < -0.39 is 28.4 Å². The Kier molecular flexibility index (Phi) is 5.36. The van der Waals surface area contributed by atoms with Gasteiger partial charge in [0.15, 0.2) is 6.10 Å². The number of carbonyl (C=O) groups excluding carboxylic acids is 1. The predicted molar refractivity (Wildman–Crippen MR) is 92.4 cm³/mol. The molecule has 0 aliphatic rings. The molecule has 0 spiro atoms. The molecule has 1 unspecified atom stereocenters. The summed E-state index contributed by atoms with van der Waals surface area (Å²) in [5.41, 5.74) is 3.14. The molecule has 0 radical (unpaired) electrons. The second-order valence-electron chi connectivity index (χ2n) is 5.89. The van der Waals surface area contributed by atoms with Crippen LogP contribution in [0.3, 0.4) is 0 Å². The third-order valence-corrected chi connectivity index (χ3v) is 3.72. The van der Waals surface area contributed by atoms with Gasteiger partial charge in [-0.15, -0.1) is 0 Å². The average Bonchev–Trinajstić information content (AvgIpc) is 2.50. The Balaban J connectivity index is 2.19. The number of halogens is 1. The van der Waals surface area contributed by atoms with Gasteiger partial charge in [0.1, 0.15) is 5.82 Å². The number of nitrogens with zero attached hydrogens (tertiary/aromatic N) is 1. The Hall–Kier alpha value is -2.96. The van der Waals surface area contributed by atoms with Gasteiger partial charge in [-0.2, -0.15) is 0 Å². The summed E-state index contributed by atoms with van der Waals surface area (Å²) in [6.07, 6.45) is -1.04. The summed E-state index contributed by atoms with van der Waals surface area (Å²) in [6.45, 7) is 7.15. The van der Waals surface area contributed by atoms with Crippen molar-refractivity contribution in [2.24, 2.45) is 0 Å². The first-order valence-electron chi connectivity index (χ1n) is 7.68. The van der Waals surface area contributed by atoms with Crippen LogP contribution in [-0.2, 0) is 4.79 Å². The van der Waals surface area contributed by atoms with Crippen LogP contribution in [0, 0.1) is 36.7 Å². The number of nitro benzene ring substituents is 1. The predicted octanol–water partition coefficient (Wildman–Crippen LogP) is 4.07. The van der Waals surface area contributed by atoms with Gasteiger partial charge < -0.3 is 10.1 Å². The van der Waals surface area contributed by atoms with E-state index in [1.54, 1.807) is 0 Å². The summed E-state index contributed by atoms with van der Waals surface area (Å²) in [5, 5.41) is 13.8. The van der Waals surface area contributed by atoms with Crippen LogP contribution in [0.25, 0.3) is 0 Å². The third-order valence-electron chi connectivity index (χ3n) is 3.72. The molecule has 1 N–H and O–H groups in total. The minimum absolute atomic E-state index is 0.287. The first-order chi connectivity index (χ1) is 11.7. The van der Waals surface area contributed by atoms with Gasteiger partial charge in [-0.1, -0.05) is 17.7 Å². The zero-order valence-corrected chi connectivity index (χ0v) is 14.4. The molecule has 1 amide bonds. The minimum atomic E-state index is -1.04. The second-order valence-corrected chi connectivity index (χ2v) is 5.89. The lowest BCUT2D eigenvalue weighted by atomic mass is 10.0. The Morgan fingerprint density at radius 1 is 1.20 bits per heavy atom. The number of carbonyl (C=O) groups is 1. The molecule has 0 bridgehead atoms. The zero-order chi connectivity index (χ0) is 18.7. The average molecular weight is 346 g/mol. The third kappa shape index (κ3) is 4.32. The van der Waals surface area contributed by atoms with Gasteiger partial charge in [-0.3, -0.25) is 14.9 Å². The van der Waals surface area contributed by atoms with Crippen molar-refractivity contribution in [2.75, 3.05) is 5.32 Å². The molecule has 0 aromatic heterocycles. The number of amides is 1. The summed E-state index contributed by atoms with van der Waals surface area (Å²) >= 11 is 0. The lowest BCUT2D eigenvalue weighted by Gasteiger charge is -2.17. The van der Waals surface area contributed by atoms with Crippen molar-refractivity contribution in [2.45, 2.75) is 33.8 Å². The number of anilines is 1. The van der Waals surface area contributed by atoms with Crippen molar-refractivity contribution in [1.29, 1.82) is 0 Å². The van der Waals surface area contributed by atoms with Gasteiger partial charge in [0.2, 0.25) is 5.75 Å². The molecule has 0 fully saturated rings. The SMILES string of the molecule is Cc1cc(C)c(NC(=O)C(C)Oc2cc(F)ccc2[N+](=O)[O-])c(C)c1. The fourth-order valence-corrected chi connectivity index (χ4v) is 2.58. The molecule has 132 valence electrons. The molecule has 1 atom stereocenters. The van der Waals surface area contributed by atoms with E-state index in [4.69, 9.17) is 4.74 Å². The lowest BCUT2D eigenvalue weighted by Crippen LogP contribution is -2.31. The highest BCUT2D eigenvalue weighted by molar-refractivity contribution is 5.95. The van der Waals surface area contributed by atoms with Crippen LogP contribution >= 0.6 is 0 Å². The fourth-order valence-electron chi connectivity index (χ4n) is 2.58. The van der Waals surface area contributed by atoms with E-state index in [1.165, 1.54) is 6.92 Å². The normalized spacial score (nSPS) is 11.7. The van der Waals surface area contributed by atoms with Crippen molar-refractivity contribution >= 4 is 17.3 Å². The van der Waals surface area contributed by atoms with Crippen LogP contribution < -0.4 is 10.1 Å². The first-order valence-corrected chi connectivity index (χ1v) is 7.68. The molecular weight excluding hydrogens is 327 g/mol. The molecule has 2 aromatic rings. The summed E-state index contributed by atoms with van der Waals surface area (Å²) in [4.78, 5) is 22.7. The van der Waals surface area contributed by atoms with Crippen LogP contribution in [0.4, 0.5) is 15.8 Å². The van der Waals surface area contributed by atoms with E-state index in [0.717, 1.165) is 34.9 Å². The number of aryl methyl sites for hydroxylation is 3. The summed E-state index contributed by atoms with van der Waals surface area (Å²) in [7, 11) is 0. The number of nitrogens with one attached hydrogen (secondary N) is 1. The van der Waals surface area contributed by atoms with Crippen molar-refractivity contribution in [3.63, 3.8) is 0 Å². The van der Waals surface area contributed by atoms with Crippen molar-refractivity contribution in [3.8, 4) is 5.75 Å². The lowest BCUT2D eigenvalue weighted by molar-refractivity contribution is -0.386. The molecular formula is C18H19FN2O4. The van der Waals surface area contributed by atoms with E-state index in [2.05, 4.69) is 5.32 Å². The summed E-state index contributed by atoms with van der Waals surface area (Å²) in [5.74, 6) is -1.45. The van der Waals surface area contributed by atoms with Crippen LogP contribution in [-0.4, -0.2) is 16.9 Å². The highest BCUT2D eigenvalue weighted by Gasteiger charge is 2.22. The van der Waals surface area contributed by atoms with Crippen molar-refractivity contribution < 1.29 is 18.8 Å². The Labute approximate surface area is 144 Å². The van der Waals surface area contributed by atoms with E-state index in [-0.39, 0.29) is 5.75 Å². The summed E-state index contributed by atoms with van der Waals surface area (Å²) < 4.78 is 18.7. The zero-order valence-electron chi connectivity index (χ0n) is 14.4. The van der Waals surface area contributed by atoms with Gasteiger partial charge in [0, 0.05) is 17.8 Å². The van der Waals surface area contributed by atoms with Crippen molar-refractivity contribution in [1.82, 2.24) is 0 Å². The monoisotopic (exact) mass is 346 g/mol. The standard InChI is InChI=1S/C18H19FN2O4/c1-10-7-11(2)17(12(3)8-10)20-18(22)13(4)25-16-9-14(19)5-6-15(16)21(23)24/h5-9,13H,1-4H3,(H,20,22). The van der Waals surface area contributed by atoms with Crippen molar-refractivity contribution in [3.05, 3.63) is 63.0 Å². The van der Waals surface area contributed by atoms with E-state index in [9.17, 15) is 19.3 Å². The van der Waals surface area contributed by atoms with Gasteiger partial charge in [-0.05, 0) is 44.9 Å². The number of hydrogen-bond donors (Lipinski definition) is 1.